The van der Waals surface area contributed by atoms with Gasteiger partial charge in [0.25, 0.3) is 0 Å². The molecule has 2 aromatic heterocycles. The van der Waals surface area contributed by atoms with Crippen LogP contribution in [0.5, 0.6) is 0 Å². The number of hydrogen-bond acceptors (Lipinski definition) is 1. The van der Waals surface area contributed by atoms with Gasteiger partial charge in [0.1, 0.15) is 0 Å². The zero-order valence-electron chi connectivity index (χ0n) is 9.51. The molecule has 80 valence electrons. The van der Waals surface area contributed by atoms with Crippen LogP contribution in [0.2, 0.25) is 0 Å². The lowest BCUT2D eigenvalue weighted by molar-refractivity contribution is 0.850. The Kier molecular flexibility index (Phi) is 3.05. The van der Waals surface area contributed by atoms with Crippen molar-refractivity contribution in [2.45, 2.75) is 39.5 Å². The van der Waals surface area contributed by atoms with Crippen molar-refractivity contribution < 1.29 is 0 Å². The number of nitrogens with one attached hydrogen (secondary N) is 1. The van der Waals surface area contributed by atoms with Crippen LogP contribution in [0.1, 0.15) is 37.9 Å². The van der Waals surface area contributed by atoms with E-state index in [0.717, 1.165) is 12.8 Å². The largest absolute Gasteiger partial charge is 0.358 e. The van der Waals surface area contributed by atoms with E-state index in [-0.39, 0.29) is 0 Å². The van der Waals surface area contributed by atoms with Crippen molar-refractivity contribution in [2.75, 3.05) is 0 Å². The summed E-state index contributed by atoms with van der Waals surface area (Å²) in [7, 11) is 0. The van der Waals surface area contributed by atoms with Gasteiger partial charge in [0.2, 0.25) is 0 Å². The Morgan fingerprint density at radius 2 is 2.00 bits per heavy atom. The van der Waals surface area contributed by atoms with Crippen LogP contribution in [0.3, 0.4) is 0 Å². The van der Waals surface area contributed by atoms with Gasteiger partial charge in [-0.15, -0.1) is 0 Å². The molecule has 0 saturated heterocycles. The summed E-state index contributed by atoms with van der Waals surface area (Å²) in [6, 6.07) is 2.06. The van der Waals surface area contributed by atoms with Crippen LogP contribution in [-0.4, -0.2) is 9.97 Å². The molecule has 0 fully saturated rings. The maximum atomic E-state index is 4.21. The highest BCUT2D eigenvalue weighted by molar-refractivity contribution is 5.83. The highest BCUT2D eigenvalue weighted by Gasteiger charge is 2.09. The smallest absolute Gasteiger partial charge is 0.0490 e. The van der Waals surface area contributed by atoms with Crippen molar-refractivity contribution in [3.8, 4) is 0 Å². The zero-order valence-corrected chi connectivity index (χ0v) is 9.51. The number of aromatic nitrogens is 2. The first kappa shape index (κ1) is 10.2. The summed E-state index contributed by atoms with van der Waals surface area (Å²) in [5.41, 5.74) is 4.11. The summed E-state index contributed by atoms with van der Waals surface area (Å²) in [5, 5.41) is 1.31. The lowest BCUT2D eigenvalue weighted by atomic mass is 10.1. The summed E-state index contributed by atoms with van der Waals surface area (Å²) in [4.78, 5) is 7.72. The molecule has 1 N–H and O–H groups in total. The molecule has 0 radical (unpaired) electrons. The molecule has 2 nitrogen and oxygen atoms in total. The number of pyridine rings is 1. The number of rotatable bonds is 4. The first-order chi connectivity index (χ1) is 7.36. The third-order valence-corrected chi connectivity index (χ3v) is 2.80. The number of hydrogen-bond donors (Lipinski definition) is 1. The fourth-order valence-corrected chi connectivity index (χ4v) is 2.14. The molecule has 15 heavy (non-hydrogen) atoms. The first-order valence-electron chi connectivity index (χ1n) is 5.80. The normalized spacial score (nSPS) is 11.1. The first-order valence-corrected chi connectivity index (χ1v) is 5.80. The van der Waals surface area contributed by atoms with E-state index in [2.05, 4.69) is 29.9 Å². The Labute approximate surface area is 90.7 Å². The van der Waals surface area contributed by atoms with Gasteiger partial charge in [0.05, 0.1) is 0 Å². The number of nitrogens with zero attached hydrogens (tertiary/aromatic N) is 1. The molecule has 0 bridgehead atoms. The Hall–Kier alpha value is -1.31. The molecule has 0 amide bonds. The molecule has 2 rings (SSSR count). The molecule has 0 spiro atoms. The van der Waals surface area contributed by atoms with Crippen molar-refractivity contribution in [3.63, 3.8) is 0 Å². The second kappa shape index (κ2) is 4.47. The quantitative estimate of drug-likeness (QED) is 0.808. The second-order valence-electron chi connectivity index (χ2n) is 4.00. The molecule has 2 heterocycles. The maximum absolute atomic E-state index is 4.21. The summed E-state index contributed by atoms with van der Waals surface area (Å²) in [6.07, 6.45) is 8.51. The predicted molar refractivity (Wildman–Crippen MR) is 64.1 cm³/mol. The highest BCUT2D eigenvalue weighted by atomic mass is 14.7. The monoisotopic (exact) mass is 202 g/mol. The topological polar surface area (TPSA) is 28.7 Å². The molecule has 0 unspecified atom stereocenters. The van der Waals surface area contributed by atoms with E-state index in [0.29, 0.717) is 0 Å². The van der Waals surface area contributed by atoms with Gasteiger partial charge in [0, 0.05) is 29.0 Å². The van der Waals surface area contributed by atoms with E-state index in [1.807, 2.05) is 12.4 Å². The predicted octanol–water partition coefficient (Wildman–Crippen LogP) is 3.47. The molecule has 0 aromatic carbocycles. The van der Waals surface area contributed by atoms with Crippen molar-refractivity contribution in [1.29, 1.82) is 0 Å². The molecule has 0 aliphatic heterocycles. The average molecular weight is 202 g/mol. The summed E-state index contributed by atoms with van der Waals surface area (Å²) >= 11 is 0. The van der Waals surface area contributed by atoms with E-state index in [4.69, 9.17) is 0 Å². The Morgan fingerprint density at radius 3 is 2.73 bits per heavy atom. The van der Waals surface area contributed by atoms with Gasteiger partial charge < -0.3 is 4.98 Å². The lowest BCUT2D eigenvalue weighted by Crippen LogP contribution is -1.90. The van der Waals surface area contributed by atoms with Gasteiger partial charge in [0.15, 0.2) is 0 Å². The van der Waals surface area contributed by atoms with Gasteiger partial charge in [-0.2, -0.15) is 0 Å². The van der Waals surface area contributed by atoms with Crippen molar-refractivity contribution in [1.82, 2.24) is 9.97 Å². The van der Waals surface area contributed by atoms with E-state index in [1.54, 1.807) is 0 Å². The molecular formula is C13H18N2. The van der Waals surface area contributed by atoms with Crippen LogP contribution in [0.4, 0.5) is 0 Å². The van der Waals surface area contributed by atoms with Crippen LogP contribution in [0, 0.1) is 0 Å². The van der Waals surface area contributed by atoms with Crippen LogP contribution >= 0.6 is 0 Å². The Bertz CT molecular complexity index is 443. The summed E-state index contributed by atoms with van der Waals surface area (Å²) in [5.74, 6) is 0. The minimum absolute atomic E-state index is 1.14. The molecule has 2 aromatic rings. The summed E-state index contributed by atoms with van der Waals surface area (Å²) < 4.78 is 0. The van der Waals surface area contributed by atoms with Gasteiger partial charge >= 0.3 is 0 Å². The van der Waals surface area contributed by atoms with Gasteiger partial charge in [-0.1, -0.05) is 26.7 Å². The Balaban J connectivity index is 2.53. The average Bonchev–Trinajstić information content (AvgIpc) is 2.59. The molecule has 0 aliphatic carbocycles. The third-order valence-electron chi connectivity index (χ3n) is 2.80. The molecular weight excluding hydrogens is 184 g/mol. The van der Waals surface area contributed by atoms with Crippen molar-refractivity contribution in [2.24, 2.45) is 0 Å². The maximum Gasteiger partial charge on any atom is 0.0490 e. The van der Waals surface area contributed by atoms with Crippen LogP contribution < -0.4 is 0 Å². The van der Waals surface area contributed by atoms with Gasteiger partial charge in [-0.05, 0) is 24.5 Å². The van der Waals surface area contributed by atoms with Crippen molar-refractivity contribution >= 4 is 10.9 Å². The fraction of sp³-hybridized carbons (Fsp3) is 0.462. The van der Waals surface area contributed by atoms with E-state index < -0.39 is 0 Å². The van der Waals surface area contributed by atoms with E-state index in [9.17, 15) is 0 Å². The molecule has 2 heteroatoms. The minimum atomic E-state index is 1.14. The fourth-order valence-electron chi connectivity index (χ4n) is 2.14. The van der Waals surface area contributed by atoms with Crippen molar-refractivity contribution in [3.05, 3.63) is 29.7 Å². The molecule has 0 atom stereocenters. The minimum Gasteiger partial charge on any atom is -0.358 e. The number of fused-ring (bicyclic) bond motifs is 1. The van der Waals surface area contributed by atoms with Crippen LogP contribution in [-0.2, 0) is 12.8 Å². The standard InChI is InChI=1S/C13H18N2/c1-3-5-10-11-9-14-8-7-13(11)15-12(10)6-4-2/h7-9,15H,3-6H2,1-2H3. The van der Waals surface area contributed by atoms with Gasteiger partial charge in [-0.3, -0.25) is 4.98 Å². The molecule has 0 saturated carbocycles. The Morgan fingerprint density at radius 1 is 1.20 bits per heavy atom. The number of aryl methyl sites for hydroxylation is 2. The zero-order chi connectivity index (χ0) is 10.7. The SMILES string of the molecule is CCCc1[nH]c2ccncc2c1CCC. The second-order valence-corrected chi connectivity index (χ2v) is 4.00. The summed E-state index contributed by atoms with van der Waals surface area (Å²) in [6.45, 7) is 4.45. The highest BCUT2D eigenvalue weighted by Crippen LogP contribution is 2.23. The van der Waals surface area contributed by atoms with Gasteiger partial charge in [-0.25, -0.2) is 0 Å². The molecule has 0 aliphatic rings. The third kappa shape index (κ3) is 1.89. The number of aromatic amines is 1. The van der Waals surface area contributed by atoms with E-state index >= 15 is 0 Å². The van der Waals surface area contributed by atoms with E-state index in [1.165, 1.54) is 35.0 Å². The lowest BCUT2D eigenvalue weighted by Gasteiger charge is -2.00. The number of H-pyrrole nitrogens is 1. The van der Waals surface area contributed by atoms with Crippen LogP contribution in [0.25, 0.3) is 10.9 Å². The van der Waals surface area contributed by atoms with Crippen LogP contribution in [0.15, 0.2) is 18.5 Å².